The summed E-state index contributed by atoms with van der Waals surface area (Å²) in [5.41, 5.74) is 1.15. The lowest BCUT2D eigenvalue weighted by molar-refractivity contribution is -0.134. The molecule has 1 amide bonds. The van der Waals surface area contributed by atoms with Gasteiger partial charge < -0.3 is 15.1 Å². The molecule has 0 unspecified atom stereocenters. The van der Waals surface area contributed by atoms with Gasteiger partial charge in [0.15, 0.2) is 0 Å². The van der Waals surface area contributed by atoms with Crippen molar-refractivity contribution in [2.24, 2.45) is 5.92 Å². The zero-order chi connectivity index (χ0) is 25.0. The molecule has 2 atom stereocenters. The van der Waals surface area contributed by atoms with Crippen LogP contribution >= 0.6 is 0 Å². The Morgan fingerprint density at radius 1 is 1.26 bits per heavy atom. The zero-order valence-corrected chi connectivity index (χ0v) is 21.4. The summed E-state index contributed by atoms with van der Waals surface area (Å²) in [5, 5.41) is 8.68. The Kier molecular flexibility index (Phi) is 6.29. The molecule has 1 saturated carbocycles. The Balaban J connectivity index is 1.52. The molecule has 2 aromatic rings. The van der Waals surface area contributed by atoms with Gasteiger partial charge in [0.05, 0.1) is 22.7 Å². The lowest BCUT2D eigenvalue weighted by Crippen LogP contribution is -2.50. The molecule has 9 nitrogen and oxygen atoms in total. The average Bonchev–Trinajstić information content (AvgIpc) is 3.22. The molecular weight excluding hydrogens is 471 g/mol. The van der Waals surface area contributed by atoms with Crippen LogP contribution in [0.5, 0.6) is 0 Å². The largest absolute Gasteiger partial charge is 0.367 e. The van der Waals surface area contributed by atoms with Crippen molar-refractivity contribution in [2.45, 2.75) is 62.6 Å². The van der Waals surface area contributed by atoms with E-state index < -0.39 is 16.7 Å². The minimum atomic E-state index is -3.74. The summed E-state index contributed by atoms with van der Waals surface area (Å²) >= 11 is 0. The number of nitrogens with one attached hydrogen (secondary N) is 2. The standard InChI is InChI=1S/C24H35FN6O3S/c1-16(2)23(32)30-8-6-29(7-9-30)21-11-19(35(33,34)28-24(3)4-5-24)12-22-20(21)15-27-31(22)18-10-17(13-25)26-14-18/h11-12,15-18,26,28H,4-10,13-14H2,1-3H3/t17-,18-/m1/s1. The number of carbonyl (C=O) groups is 1. The first-order valence-electron chi connectivity index (χ1n) is 12.5. The smallest absolute Gasteiger partial charge is 0.241 e. The Morgan fingerprint density at radius 3 is 2.57 bits per heavy atom. The molecule has 1 aromatic carbocycles. The van der Waals surface area contributed by atoms with Gasteiger partial charge in [-0.1, -0.05) is 13.8 Å². The fourth-order valence-corrected chi connectivity index (χ4v) is 6.62. The number of benzene rings is 1. The number of hydrogen-bond donors (Lipinski definition) is 2. The van der Waals surface area contributed by atoms with Crippen LogP contribution in [0.3, 0.4) is 0 Å². The number of halogens is 1. The van der Waals surface area contributed by atoms with Gasteiger partial charge in [-0.2, -0.15) is 5.10 Å². The van der Waals surface area contributed by atoms with Crippen LogP contribution in [0.1, 0.15) is 46.1 Å². The molecule has 35 heavy (non-hydrogen) atoms. The number of anilines is 1. The maximum atomic E-state index is 13.4. The van der Waals surface area contributed by atoms with Crippen LogP contribution in [-0.4, -0.2) is 80.0 Å². The quantitative estimate of drug-likeness (QED) is 0.596. The van der Waals surface area contributed by atoms with E-state index in [2.05, 4.69) is 20.0 Å². The van der Waals surface area contributed by atoms with Crippen LogP contribution in [0.2, 0.25) is 0 Å². The van der Waals surface area contributed by atoms with Gasteiger partial charge in [-0.3, -0.25) is 9.48 Å². The number of fused-ring (bicyclic) bond motifs is 1. The molecule has 1 aliphatic carbocycles. The number of alkyl halides is 1. The lowest BCUT2D eigenvalue weighted by atomic mass is 10.1. The van der Waals surface area contributed by atoms with Gasteiger partial charge in [-0.05, 0) is 38.3 Å². The van der Waals surface area contributed by atoms with Crippen molar-refractivity contribution >= 4 is 32.5 Å². The van der Waals surface area contributed by atoms with E-state index in [0.29, 0.717) is 39.1 Å². The van der Waals surface area contributed by atoms with Gasteiger partial charge in [0, 0.05) is 61.3 Å². The molecule has 3 fully saturated rings. The molecule has 2 saturated heterocycles. The van der Waals surface area contributed by atoms with E-state index in [0.717, 1.165) is 29.4 Å². The number of rotatable bonds is 7. The molecule has 1 aromatic heterocycles. The first-order valence-corrected chi connectivity index (χ1v) is 14.0. The van der Waals surface area contributed by atoms with Crippen LogP contribution in [0.15, 0.2) is 23.2 Å². The van der Waals surface area contributed by atoms with Crippen LogP contribution in [-0.2, 0) is 14.8 Å². The van der Waals surface area contributed by atoms with Crippen molar-refractivity contribution in [1.82, 2.24) is 24.7 Å². The molecule has 0 spiro atoms. The Morgan fingerprint density at radius 2 is 1.97 bits per heavy atom. The first-order chi connectivity index (χ1) is 16.6. The third kappa shape index (κ3) is 4.77. The molecule has 3 aliphatic rings. The predicted molar refractivity (Wildman–Crippen MR) is 133 cm³/mol. The highest BCUT2D eigenvalue weighted by atomic mass is 32.2. The van der Waals surface area contributed by atoms with E-state index in [1.165, 1.54) is 0 Å². The molecule has 192 valence electrons. The number of amides is 1. The summed E-state index contributed by atoms with van der Waals surface area (Å²) in [6, 6.07) is 3.17. The van der Waals surface area contributed by atoms with Crippen molar-refractivity contribution in [1.29, 1.82) is 0 Å². The third-order valence-electron chi connectivity index (χ3n) is 7.52. The highest BCUT2D eigenvalue weighted by Gasteiger charge is 2.41. The molecule has 0 bridgehead atoms. The number of piperazine rings is 1. The van der Waals surface area contributed by atoms with E-state index in [1.807, 2.05) is 30.4 Å². The van der Waals surface area contributed by atoms with E-state index in [4.69, 9.17) is 0 Å². The fourth-order valence-electron chi connectivity index (χ4n) is 5.12. The molecule has 2 aliphatic heterocycles. The molecule has 11 heteroatoms. The minimum absolute atomic E-state index is 0.0477. The van der Waals surface area contributed by atoms with E-state index >= 15 is 0 Å². The van der Waals surface area contributed by atoms with Gasteiger partial charge in [-0.15, -0.1) is 0 Å². The van der Waals surface area contributed by atoms with Crippen molar-refractivity contribution in [3.8, 4) is 0 Å². The second-order valence-electron chi connectivity index (χ2n) is 10.7. The lowest BCUT2D eigenvalue weighted by Gasteiger charge is -2.37. The van der Waals surface area contributed by atoms with Crippen LogP contribution in [0.4, 0.5) is 10.1 Å². The van der Waals surface area contributed by atoms with E-state index in [-0.39, 0.29) is 34.3 Å². The third-order valence-corrected chi connectivity index (χ3v) is 9.13. The summed E-state index contributed by atoms with van der Waals surface area (Å²) < 4.78 is 44.7. The summed E-state index contributed by atoms with van der Waals surface area (Å²) in [6.45, 7) is 8.27. The number of nitrogens with zero attached hydrogens (tertiary/aromatic N) is 4. The van der Waals surface area contributed by atoms with Gasteiger partial charge >= 0.3 is 0 Å². The van der Waals surface area contributed by atoms with Crippen LogP contribution in [0, 0.1) is 5.92 Å². The predicted octanol–water partition coefficient (Wildman–Crippen LogP) is 2.04. The van der Waals surface area contributed by atoms with Gasteiger partial charge in [-0.25, -0.2) is 17.5 Å². The van der Waals surface area contributed by atoms with Crippen LogP contribution < -0.4 is 14.9 Å². The maximum Gasteiger partial charge on any atom is 0.241 e. The van der Waals surface area contributed by atoms with Gasteiger partial charge in [0.1, 0.15) is 6.67 Å². The van der Waals surface area contributed by atoms with E-state index in [9.17, 15) is 17.6 Å². The number of hydrogen-bond acceptors (Lipinski definition) is 6. The average molecular weight is 507 g/mol. The van der Waals surface area contributed by atoms with E-state index in [1.54, 1.807) is 18.3 Å². The summed E-state index contributed by atoms with van der Waals surface area (Å²) in [5.74, 6) is 0.0833. The Bertz CT molecular complexity index is 1220. The second kappa shape index (κ2) is 9.01. The molecule has 2 N–H and O–H groups in total. The molecule has 5 rings (SSSR count). The number of aromatic nitrogens is 2. The topological polar surface area (TPSA) is 99.6 Å². The number of carbonyl (C=O) groups excluding carboxylic acids is 1. The normalized spacial score (nSPS) is 24.5. The Hall–Kier alpha value is -2.24. The maximum absolute atomic E-state index is 13.4. The summed E-state index contributed by atoms with van der Waals surface area (Å²) in [4.78, 5) is 16.7. The highest BCUT2D eigenvalue weighted by Crippen LogP contribution is 2.38. The minimum Gasteiger partial charge on any atom is -0.367 e. The van der Waals surface area contributed by atoms with Gasteiger partial charge in [0.25, 0.3) is 0 Å². The Labute approximate surface area is 206 Å². The second-order valence-corrected chi connectivity index (χ2v) is 12.4. The SMILES string of the molecule is CC(C)C(=O)N1CCN(c2cc(S(=O)(=O)NC3(C)CC3)cc3c2cnn3[C@H]2CN[C@@H](CF)C2)CC1. The van der Waals surface area contributed by atoms with Crippen molar-refractivity contribution in [3.05, 3.63) is 18.3 Å². The molecular formula is C24H35FN6O3S. The zero-order valence-electron chi connectivity index (χ0n) is 20.6. The molecule has 0 radical (unpaired) electrons. The monoisotopic (exact) mass is 506 g/mol. The van der Waals surface area contributed by atoms with Crippen molar-refractivity contribution in [3.63, 3.8) is 0 Å². The highest BCUT2D eigenvalue weighted by molar-refractivity contribution is 7.89. The summed E-state index contributed by atoms with van der Waals surface area (Å²) in [6.07, 6.45) is 4.03. The van der Waals surface area contributed by atoms with Gasteiger partial charge in [0.2, 0.25) is 15.9 Å². The first kappa shape index (κ1) is 24.5. The van der Waals surface area contributed by atoms with Crippen LogP contribution in [0.25, 0.3) is 10.9 Å². The van der Waals surface area contributed by atoms with Crippen molar-refractivity contribution in [2.75, 3.05) is 44.3 Å². The summed E-state index contributed by atoms with van der Waals surface area (Å²) in [7, 11) is -3.74. The van der Waals surface area contributed by atoms with Crippen molar-refractivity contribution < 1.29 is 17.6 Å². The molecule has 3 heterocycles. The number of sulfonamides is 1. The fraction of sp³-hybridized carbons (Fsp3) is 0.667.